The van der Waals surface area contributed by atoms with Crippen LogP contribution in [0.1, 0.15) is 32.1 Å². The Hall–Kier alpha value is -0.610. The van der Waals surface area contributed by atoms with Gasteiger partial charge in [-0.05, 0) is 44.7 Å². The molecule has 2 aliphatic heterocycles. The van der Waals surface area contributed by atoms with Crippen LogP contribution in [-0.2, 0) is 9.53 Å². The summed E-state index contributed by atoms with van der Waals surface area (Å²) in [5.74, 6) is -0.479. The maximum Gasteiger partial charge on any atom is 0.303 e. The van der Waals surface area contributed by atoms with Crippen LogP contribution in [0.5, 0.6) is 0 Å². The van der Waals surface area contributed by atoms with Gasteiger partial charge in [0.15, 0.2) is 0 Å². The van der Waals surface area contributed by atoms with Gasteiger partial charge in [0.05, 0.1) is 18.6 Å². The summed E-state index contributed by atoms with van der Waals surface area (Å²) in [4.78, 5) is 10.6. The third kappa shape index (κ3) is 2.69. The lowest BCUT2D eigenvalue weighted by Crippen LogP contribution is -2.47. The number of carboxylic acids is 1. The van der Waals surface area contributed by atoms with Crippen molar-refractivity contribution >= 4 is 5.97 Å². The Morgan fingerprint density at radius 1 is 1.40 bits per heavy atom. The summed E-state index contributed by atoms with van der Waals surface area (Å²) in [6.45, 7) is 2.69. The van der Waals surface area contributed by atoms with Gasteiger partial charge in [0.25, 0.3) is 0 Å². The molecule has 0 aromatic rings. The fourth-order valence-corrected chi connectivity index (χ4v) is 2.60. The number of aliphatic carboxylic acids is 1. The van der Waals surface area contributed by atoms with Crippen molar-refractivity contribution in [3.63, 3.8) is 0 Å². The molecule has 2 N–H and O–H groups in total. The zero-order chi connectivity index (χ0) is 10.7. The predicted octanol–water partition coefficient (Wildman–Crippen LogP) is 1.01. The summed E-state index contributed by atoms with van der Waals surface area (Å²) in [7, 11) is 0. The van der Waals surface area contributed by atoms with Crippen molar-refractivity contribution in [3.8, 4) is 0 Å². The van der Waals surface area contributed by atoms with Crippen LogP contribution in [0.2, 0.25) is 0 Å². The lowest BCUT2D eigenvalue weighted by atomic mass is 9.81. The van der Waals surface area contributed by atoms with Crippen molar-refractivity contribution in [2.45, 2.75) is 37.7 Å². The smallest absolute Gasteiger partial charge is 0.303 e. The molecule has 4 heteroatoms. The highest BCUT2D eigenvalue weighted by atomic mass is 16.5. The summed E-state index contributed by atoms with van der Waals surface area (Å²) < 4.78 is 5.92. The van der Waals surface area contributed by atoms with E-state index in [1.165, 1.54) is 0 Å². The first-order valence-corrected chi connectivity index (χ1v) is 5.77. The SMILES string of the molecule is O=C(O)CC1CCC2(CCNCC2)OC1. The molecule has 2 fully saturated rings. The summed E-state index contributed by atoms with van der Waals surface area (Å²) in [6, 6.07) is 0. The Bertz CT molecular complexity index is 226. The topological polar surface area (TPSA) is 58.6 Å². The molecule has 0 amide bonds. The molecule has 0 aliphatic carbocycles. The van der Waals surface area contributed by atoms with Gasteiger partial charge in [0.1, 0.15) is 0 Å². The molecule has 0 bridgehead atoms. The molecule has 2 rings (SSSR count). The van der Waals surface area contributed by atoms with E-state index in [0.29, 0.717) is 6.61 Å². The Balaban J connectivity index is 1.82. The summed E-state index contributed by atoms with van der Waals surface area (Å²) in [6.07, 6.45) is 4.45. The van der Waals surface area contributed by atoms with Crippen LogP contribution in [0.25, 0.3) is 0 Å². The average molecular weight is 213 g/mol. The van der Waals surface area contributed by atoms with Crippen LogP contribution >= 0.6 is 0 Å². The molecule has 4 nitrogen and oxygen atoms in total. The molecular formula is C11H19NO3. The Kier molecular flexibility index (Phi) is 3.26. The number of hydrogen-bond donors (Lipinski definition) is 2. The van der Waals surface area contributed by atoms with Crippen LogP contribution < -0.4 is 5.32 Å². The fraction of sp³-hybridized carbons (Fsp3) is 0.909. The largest absolute Gasteiger partial charge is 0.481 e. The van der Waals surface area contributed by atoms with E-state index in [-0.39, 0.29) is 17.9 Å². The van der Waals surface area contributed by atoms with Crippen LogP contribution in [0, 0.1) is 5.92 Å². The minimum atomic E-state index is -0.704. The van der Waals surface area contributed by atoms with Gasteiger partial charge < -0.3 is 15.2 Å². The first-order chi connectivity index (χ1) is 7.20. The third-order valence-corrected chi connectivity index (χ3v) is 3.61. The highest BCUT2D eigenvalue weighted by Gasteiger charge is 2.37. The predicted molar refractivity (Wildman–Crippen MR) is 55.8 cm³/mol. The molecule has 0 saturated carbocycles. The standard InChI is InChI=1S/C11H19NO3/c13-10(14)7-9-1-2-11(15-8-9)3-5-12-6-4-11/h9,12H,1-8H2,(H,13,14). The quantitative estimate of drug-likeness (QED) is 0.718. The number of hydrogen-bond acceptors (Lipinski definition) is 3. The molecule has 15 heavy (non-hydrogen) atoms. The molecule has 2 saturated heterocycles. The van der Waals surface area contributed by atoms with Crippen molar-refractivity contribution in [3.05, 3.63) is 0 Å². The van der Waals surface area contributed by atoms with Gasteiger partial charge >= 0.3 is 5.97 Å². The molecule has 2 heterocycles. The molecular weight excluding hydrogens is 194 g/mol. The Morgan fingerprint density at radius 2 is 2.13 bits per heavy atom. The normalized spacial score (nSPS) is 30.3. The van der Waals surface area contributed by atoms with Gasteiger partial charge in [-0.15, -0.1) is 0 Å². The van der Waals surface area contributed by atoms with Crippen LogP contribution in [0.3, 0.4) is 0 Å². The lowest BCUT2D eigenvalue weighted by molar-refractivity contribution is -0.145. The summed E-state index contributed by atoms with van der Waals surface area (Å²) in [5, 5.41) is 12.0. The van der Waals surface area contributed by atoms with E-state index in [2.05, 4.69) is 5.32 Å². The molecule has 0 aromatic carbocycles. The molecule has 0 radical (unpaired) electrons. The first kappa shape index (κ1) is 10.9. The second kappa shape index (κ2) is 4.49. The van der Waals surface area contributed by atoms with Gasteiger partial charge in [-0.3, -0.25) is 4.79 Å². The van der Waals surface area contributed by atoms with Crippen LogP contribution in [0.15, 0.2) is 0 Å². The van der Waals surface area contributed by atoms with E-state index in [1.807, 2.05) is 0 Å². The zero-order valence-corrected chi connectivity index (χ0v) is 9.00. The highest BCUT2D eigenvalue weighted by Crippen LogP contribution is 2.35. The number of piperidine rings is 1. The lowest BCUT2D eigenvalue weighted by Gasteiger charge is -2.42. The minimum absolute atomic E-state index is 0.0697. The van der Waals surface area contributed by atoms with Crippen LogP contribution in [-0.4, -0.2) is 36.4 Å². The van der Waals surface area contributed by atoms with Crippen molar-refractivity contribution in [2.24, 2.45) is 5.92 Å². The monoisotopic (exact) mass is 213 g/mol. The zero-order valence-electron chi connectivity index (χ0n) is 9.00. The number of rotatable bonds is 2. The van der Waals surface area contributed by atoms with E-state index in [0.717, 1.165) is 38.8 Å². The van der Waals surface area contributed by atoms with Gasteiger partial charge in [-0.2, -0.15) is 0 Å². The van der Waals surface area contributed by atoms with Crippen molar-refractivity contribution < 1.29 is 14.6 Å². The summed E-state index contributed by atoms with van der Waals surface area (Å²) >= 11 is 0. The maximum atomic E-state index is 10.6. The fourth-order valence-electron chi connectivity index (χ4n) is 2.60. The van der Waals surface area contributed by atoms with Gasteiger partial charge in [0, 0.05) is 0 Å². The van der Waals surface area contributed by atoms with Gasteiger partial charge in [0.2, 0.25) is 0 Å². The highest BCUT2D eigenvalue weighted by molar-refractivity contribution is 5.67. The second-order valence-corrected chi connectivity index (χ2v) is 4.75. The van der Waals surface area contributed by atoms with E-state index < -0.39 is 5.97 Å². The van der Waals surface area contributed by atoms with Gasteiger partial charge in [-0.25, -0.2) is 0 Å². The summed E-state index contributed by atoms with van der Waals surface area (Å²) in [5.41, 5.74) is 0.0697. The Labute approximate surface area is 90.0 Å². The number of carboxylic acid groups (broad SMARTS) is 1. The van der Waals surface area contributed by atoms with E-state index in [4.69, 9.17) is 9.84 Å². The second-order valence-electron chi connectivity index (χ2n) is 4.75. The number of carbonyl (C=O) groups is 1. The molecule has 86 valence electrons. The van der Waals surface area contributed by atoms with E-state index in [9.17, 15) is 4.79 Å². The average Bonchev–Trinajstić information content (AvgIpc) is 2.23. The first-order valence-electron chi connectivity index (χ1n) is 5.77. The Morgan fingerprint density at radius 3 is 2.67 bits per heavy atom. The number of ether oxygens (including phenoxy) is 1. The van der Waals surface area contributed by atoms with Crippen LogP contribution in [0.4, 0.5) is 0 Å². The van der Waals surface area contributed by atoms with Crippen molar-refractivity contribution in [2.75, 3.05) is 19.7 Å². The maximum absolute atomic E-state index is 10.6. The third-order valence-electron chi connectivity index (χ3n) is 3.61. The molecule has 1 atom stereocenters. The molecule has 0 aromatic heterocycles. The molecule has 1 spiro atoms. The molecule has 2 aliphatic rings. The van der Waals surface area contributed by atoms with Crippen molar-refractivity contribution in [1.29, 1.82) is 0 Å². The van der Waals surface area contributed by atoms with Crippen molar-refractivity contribution in [1.82, 2.24) is 5.32 Å². The van der Waals surface area contributed by atoms with E-state index in [1.54, 1.807) is 0 Å². The van der Waals surface area contributed by atoms with E-state index >= 15 is 0 Å². The minimum Gasteiger partial charge on any atom is -0.481 e. The number of nitrogens with one attached hydrogen (secondary N) is 1. The molecule has 1 unspecified atom stereocenters. The van der Waals surface area contributed by atoms with Gasteiger partial charge in [-0.1, -0.05) is 0 Å².